The van der Waals surface area contributed by atoms with E-state index < -0.39 is 31.3 Å². The SMILES string of the molecule is CCOCC(=O)COCC(F)(F)C(F)F. The summed E-state index contributed by atoms with van der Waals surface area (Å²) in [6.07, 6.45) is -3.79. The minimum absolute atomic E-state index is 0.267. The zero-order chi connectivity index (χ0) is 11.9. The van der Waals surface area contributed by atoms with Crippen LogP contribution in [0.3, 0.4) is 0 Å². The number of Topliss-reactive ketones (excluding diaryl/α,β-unsaturated/α-hetero) is 1. The molecular formula is C8H12F4O3. The second-order valence-corrected chi connectivity index (χ2v) is 2.73. The molecule has 0 saturated heterocycles. The van der Waals surface area contributed by atoms with Gasteiger partial charge in [0.2, 0.25) is 0 Å². The molecule has 15 heavy (non-hydrogen) atoms. The summed E-state index contributed by atoms with van der Waals surface area (Å²) in [6.45, 7) is -0.431. The molecule has 0 aromatic carbocycles. The summed E-state index contributed by atoms with van der Waals surface area (Å²) in [5.41, 5.74) is 0. The largest absolute Gasteiger partial charge is 0.374 e. The highest BCUT2D eigenvalue weighted by Gasteiger charge is 2.41. The third kappa shape index (κ3) is 6.40. The molecule has 90 valence electrons. The smallest absolute Gasteiger partial charge is 0.330 e. The van der Waals surface area contributed by atoms with Crippen LogP contribution in [0.25, 0.3) is 0 Å². The lowest BCUT2D eigenvalue weighted by molar-refractivity contribution is -0.168. The number of ketones is 1. The predicted molar refractivity (Wildman–Crippen MR) is 43.3 cm³/mol. The number of rotatable bonds is 8. The van der Waals surface area contributed by atoms with Gasteiger partial charge >= 0.3 is 12.3 Å². The molecule has 0 radical (unpaired) electrons. The summed E-state index contributed by atoms with van der Waals surface area (Å²) in [7, 11) is 0. The van der Waals surface area contributed by atoms with Gasteiger partial charge < -0.3 is 9.47 Å². The highest BCUT2D eigenvalue weighted by Crippen LogP contribution is 2.22. The van der Waals surface area contributed by atoms with Crippen molar-refractivity contribution in [2.45, 2.75) is 19.3 Å². The first-order valence-electron chi connectivity index (χ1n) is 4.23. The van der Waals surface area contributed by atoms with Crippen molar-refractivity contribution < 1.29 is 31.8 Å². The van der Waals surface area contributed by atoms with E-state index in [-0.39, 0.29) is 6.61 Å². The highest BCUT2D eigenvalue weighted by atomic mass is 19.3. The second-order valence-electron chi connectivity index (χ2n) is 2.73. The molecule has 0 fully saturated rings. The molecule has 0 N–H and O–H groups in total. The van der Waals surface area contributed by atoms with E-state index in [4.69, 9.17) is 0 Å². The molecule has 3 nitrogen and oxygen atoms in total. The Morgan fingerprint density at radius 2 is 1.80 bits per heavy atom. The Kier molecular flexibility index (Phi) is 6.42. The Morgan fingerprint density at radius 3 is 2.27 bits per heavy atom. The fourth-order valence-electron chi connectivity index (χ4n) is 0.622. The number of carbonyl (C=O) groups is 1. The van der Waals surface area contributed by atoms with Gasteiger partial charge in [0, 0.05) is 6.61 Å². The summed E-state index contributed by atoms with van der Waals surface area (Å²) >= 11 is 0. The third-order valence-corrected chi connectivity index (χ3v) is 1.34. The Labute approximate surface area is 84.3 Å². The van der Waals surface area contributed by atoms with Crippen LogP contribution < -0.4 is 0 Å². The molecule has 0 heterocycles. The number of hydrogen-bond donors (Lipinski definition) is 0. The Balaban J connectivity index is 3.65. The lowest BCUT2D eigenvalue weighted by Gasteiger charge is -2.14. The molecule has 0 atom stereocenters. The van der Waals surface area contributed by atoms with Crippen LogP contribution in [-0.4, -0.2) is 44.6 Å². The summed E-state index contributed by atoms with van der Waals surface area (Å²) in [5, 5.41) is 0. The first kappa shape index (κ1) is 14.3. The Bertz CT molecular complexity index is 196. The summed E-state index contributed by atoms with van der Waals surface area (Å²) in [5.74, 6) is -4.78. The van der Waals surface area contributed by atoms with Crippen molar-refractivity contribution in [2.24, 2.45) is 0 Å². The maximum absolute atomic E-state index is 12.2. The van der Waals surface area contributed by atoms with Crippen molar-refractivity contribution >= 4 is 5.78 Å². The Hall–Kier alpha value is -0.690. The number of hydrogen-bond acceptors (Lipinski definition) is 3. The number of ether oxygens (including phenoxy) is 2. The van der Waals surface area contributed by atoms with Gasteiger partial charge in [0.15, 0.2) is 5.78 Å². The Morgan fingerprint density at radius 1 is 1.27 bits per heavy atom. The molecule has 0 aromatic rings. The van der Waals surface area contributed by atoms with E-state index in [1.807, 2.05) is 0 Å². The molecule has 0 spiro atoms. The molecule has 7 heteroatoms. The van der Waals surface area contributed by atoms with Gasteiger partial charge in [0.05, 0.1) is 0 Å². The average molecular weight is 232 g/mol. The van der Waals surface area contributed by atoms with E-state index in [9.17, 15) is 22.4 Å². The predicted octanol–water partition coefficient (Wildman–Crippen LogP) is 1.51. The van der Waals surface area contributed by atoms with Gasteiger partial charge in [-0.3, -0.25) is 4.79 Å². The molecule has 0 saturated carbocycles. The van der Waals surface area contributed by atoms with E-state index in [1.54, 1.807) is 6.92 Å². The summed E-state index contributed by atoms with van der Waals surface area (Å²) in [6, 6.07) is 0. The number of carbonyl (C=O) groups excluding carboxylic acids is 1. The van der Waals surface area contributed by atoms with Crippen LogP contribution >= 0.6 is 0 Å². The van der Waals surface area contributed by atoms with E-state index in [0.29, 0.717) is 6.61 Å². The van der Waals surface area contributed by atoms with Gasteiger partial charge in [-0.2, -0.15) is 8.78 Å². The van der Waals surface area contributed by atoms with E-state index in [1.165, 1.54) is 0 Å². The van der Waals surface area contributed by atoms with Crippen LogP contribution in [0.1, 0.15) is 6.92 Å². The van der Waals surface area contributed by atoms with Crippen molar-refractivity contribution in [3.63, 3.8) is 0 Å². The lowest BCUT2D eigenvalue weighted by Crippen LogP contribution is -2.33. The van der Waals surface area contributed by atoms with Crippen molar-refractivity contribution in [1.29, 1.82) is 0 Å². The van der Waals surface area contributed by atoms with Crippen LogP contribution in [0.2, 0.25) is 0 Å². The average Bonchev–Trinajstić information content (AvgIpc) is 2.14. The van der Waals surface area contributed by atoms with Crippen LogP contribution in [0, 0.1) is 0 Å². The van der Waals surface area contributed by atoms with Crippen LogP contribution in [0.5, 0.6) is 0 Å². The minimum atomic E-state index is -4.22. The van der Waals surface area contributed by atoms with Gasteiger partial charge in [-0.15, -0.1) is 0 Å². The van der Waals surface area contributed by atoms with Crippen LogP contribution in [-0.2, 0) is 14.3 Å². The maximum atomic E-state index is 12.2. The fraction of sp³-hybridized carbons (Fsp3) is 0.875. The molecule has 0 aliphatic heterocycles. The third-order valence-electron chi connectivity index (χ3n) is 1.34. The monoisotopic (exact) mass is 232 g/mol. The molecule has 0 unspecified atom stereocenters. The molecule has 0 amide bonds. The molecule has 0 aliphatic carbocycles. The van der Waals surface area contributed by atoms with Crippen molar-refractivity contribution in [2.75, 3.05) is 26.4 Å². The molecule has 0 bridgehead atoms. The zero-order valence-electron chi connectivity index (χ0n) is 8.14. The normalized spacial score (nSPS) is 12.1. The van der Waals surface area contributed by atoms with Crippen molar-refractivity contribution in [3.8, 4) is 0 Å². The minimum Gasteiger partial charge on any atom is -0.374 e. The van der Waals surface area contributed by atoms with Gasteiger partial charge in [-0.25, -0.2) is 8.78 Å². The van der Waals surface area contributed by atoms with E-state index in [0.717, 1.165) is 0 Å². The number of halogens is 4. The number of alkyl halides is 4. The second kappa shape index (κ2) is 6.73. The molecule has 0 aromatic heterocycles. The standard InChI is InChI=1S/C8H12F4O3/c1-2-14-3-6(13)4-15-5-8(11,12)7(9)10/h7H,2-5H2,1H3. The topological polar surface area (TPSA) is 35.5 Å². The maximum Gasteiger partial charge on any atom is 0.330 e. The molecule has 0 rings (SSSR count). The highest BCUT2D eigenvalue weighted by molar-refractivity contribution is 5.80. The summed E-state index contributed by atoms with van der Waals surface area (Å²) in [4.78, 5) is 10.8. The van der Waals surface area contributed by atoms with Gasteiger partial charge in [0.25, 0.3) is 0 Å². The zero-order valence-corrected chi connectivity index (χ0v) is 8.14. The van der Waals surface area contributed by atoms with E-state index >= 15 is 0 Å². The fourth-order valence-corrected chi connectivity index (χ4v) is 0.622. The quantitative estimate of drug-likeness (QED) is 0.595. The van der Waals surface area contributed by atoms with Crippen LogP contribution in [0.4, 0.5) is 17.6 Å². The van der Waals surface area contributed by atoms with Crippen LogP contribution in [0.15, 0.2) is 0 Å². The van der Waals surface area contributed by atoms with Gasteiger partial charge in [-0.1, -0.05) is 0 Å². The lowest BCUT2D eigenvalue weighted by atomic mass is 10.4. The van der Waals surface area contributed by atoms with Crippen molar-refractivity contribution in [1.82, 2.24) is 0 Å². The summed E-state index contributed by atoms with van der Waals surface area (Å²) < 4.78 is 56.5. The van der Waals surface area contributed by atoms with E-state index in [2.05, 4.69) is 9.47 Å². The molecule has 0 aliphatic rings. The van der Waals surface area contributed by atoms with Crippen molar-refractivity contribution in [3.05, 3.63) is 0 Å². The molecular weight excluding hydrogens is 220 g/mol. The first-order valence-corrected chi connectivity index (χ1v) is 4.23. The van der Waals surface area contributed by atoms with Gasteiger partial charge in [0.1, 0.15) is 19.8 Å². The van der Waals surface area contributed by atoms with Gasteiger partial charge in [-0.05, 0) is 6.92 Å². The first-order chi connectivity index (χ1) is 6.90.